The van der Waals surface area contributed by atoms with Gasteiger partial charge >= 0.3 is 0 Å². The van der Waals surface area contributed by atoms with Gasteiger partial charge in [-0.25, -0.2) is 9.97 Å². The molecule has 4 nitrogen and oxygen atoms in total. The van der Waals surface area contributed by atoms with E-state index in [1.807, 2.05) is 6.26 Å². The van der Waals surface area contributed by atoms with Crippen LogP contribution in [0.3, 0.4) is 0 Å². The van der Waals surface area contributed by atoms with E-state index in [0.29, 0.717) is 5.69 Å². The summed E-state index contributed by atoms with van der Waals surface area (Å²) in [5, 5.41) is 0.832. The largest absolute Gasteiger partial charge is 0.296 e. The zero-order valence-corrected chi connectivity index (χ0v) is 7.78. The monoisotopic (exact) mass is 193 g/mol. The Balaban J connectivity index is 2.74. The minimum Gasteiger partial charge on any atom is -0.296 e. The number of rotatable bonds is 2. The number of aromatic nitrogens is 3. The number of carbonyl (C=O) groups is 1. The minimum atomic E-state index is 0.434. The Kier molecular flexibility index (Phi) is 2.02. The van der Waals surface area contributed by atoms with E-state index >= 15 is 0 Å². The molecule has 5 heteroatoms. The maximum atomic E-state index is 10.5. The van der Waals surface area contributed by atoms with Crippen LogP contribution in [0.1, 0.15) is 10.5 Å². The summed E-state index contributed by atoms with van der Waals surface area (Å²) in [4.78, 5) is 18.7. The van der Waals surface area contributed by atoms with Crippen LogP contribution in [0.5, 0.6) is 0 Å². The van der Waals surface area contributed by atoms with Crippen molar-refractivity contribution >= 4 is 23.7 Å². The van der Waals surface area contributed by atoms with Gasteiger partial charge in [0.1, 0.15) is 11.3 Å². The second-order valence-electron chi connectivity index (χ2n) is 2.44. The summed E-state index contributed by atoms with van der Waals surface area (Å²) in [6.07, 6.45) is 6.03. The van der Waals surface area contributed by atoms with Gasteiger partial charge in [0.2, 0.25) is 0 Å². The van der Waals surface area contributed by atoms with E-state index in [1.165, 1.54) is 11.8 Å². The van der Waals surface area contributed by atoms with Gasteiger partial charge in [0, 0.05) is 12.4 Å². The Bertz CT molecular complexity index is 452. The lowest BCUT2D eigenvalue weighted by Gasteiger charge is -1.97. The molecule has 2 aromatic heterocycles. The number of nitrogens with zero attached hydrogens (tertiary/aromatic N) is 3. The highest BCUT2D eigenvalue weighted by molar-refractivity contribution is 7.98. The molecular formula is C8H7N3OS. The third kappa shape index (κ3) is 1.31. The van der Waals surface area contributed by atoms with E-state index in [0.717, 1.165) is 17.1 Å². The van der Waals surface area contributed by atoms with Crippen LogP contribution in [-0.2, 0) is 0 Å². The first-order valence-corrected chi connectivity index (χ1v) is 4.91. The van der Waals surface area contributed by atoms with Gasteiger partial charge in [0.25, 0.3) is 0 Å². The molecule has 0 fully saturated rings. The van der Waals surface area contributed by atoms with Gasteiger partial charge in [-0.1, -0.05) is 11.8 Å². The van der Waals surface area contributed by atoms with Crippen LogP contribution in [0.4, 0.5) is 0 Å². The van der Waals surface area contributed by atoms with Crippen molar-refractivity contribution in [2.45, 2.75) is 5.16 Å². The Morgan fingerprint density at radius 3 is 3.15 bits per heavy atom. The molecule has 2 heterocycles. The first-order valence-electron chi connectivity index (χ1n) is 3.68. The van der Waals surface area contributed by atoms with E-state index in [1.54, 1.807) is 22.9 Å². The van der Waals surface area contributed by atoms with Crippen molar-refractivity contribution < 1.29 is 4.79 Å². The van der Waals surface area contributed by atoms with Crippen molar-refractivity contribution in [3.8, 4) is 0 Å². The van der Waals surface area contributed by atoms with Crippen molar-refractivity contribution in [1.82, 2.24) is 14.4 Å². The molecule has 0 amide bonds. The highest BCUT2D eigenvalue weighted by Crippen LogP contribution is 2.13. The Hall–Kier alpha value is -1.36. The quantitative estimate of drug-likeness (QED) is 0.409. The molecule has 0 aromatic carbocycles. The fraction of sp³-hybridized carbons (Fsp3) is 0.125. The fourth-order valence-electron chi connectivity index (χ4n) is 1.12. The van der Waals surface area contributed by atoms with Gasteiger partial charge in [0.15, 0.2) is 11.4 Å². The van der Waals surface area contributed by atoms with E-state index in [9.17, 15) is 4.79 Å². The number of hydrogen-bond acceptors (Lipinski definition) is 4. The molecule has 0 unspecified atom stereocenters. The Labute approximate surface area is 79.0 Å². The third-order valence-electron chi connectivity index (χ3n) is 1.67. The van der Waals surface area contributed by atoms with Crippen LogP contribution in [0, 0.1) is 0 Å². The van der Waals surface area contributed by atoms with Crippen molar-refractivity contribution in [2.75, 3.05) is 6.26 Å². The Morgan fingerprint density at radius 2 is 2.46 bits per heavy atom. The van der Waals surface area contributed by atoms with E-state index in [2.05, 4.69) is 9.97 Å². The molecule has 0 saturated carbocycles. The molecule has 0 aliphatic carbocycles. The summed E-state index contributed by atoms with van der Waals surface area (Å²) in [5.74, 6) is 0. The van der Waals surface area contributed by atoms with Gasteiger partial charge in [0.05, 0.1) is 0 Å². The molecule has 0 saturated heterocycles. The minimum absolute atomic E-state index is 0.434. The highest BCUT2D eigenvalue weighted by atomic mass is 32.2. The number of carbonyl (C=O) groups excluding carboxylic acids is 1. The smallest absolute Gasteiger partial charge is 0.173 e. The standard InChI is InChI=1S/C8H7N3OS/c1-13-8-9-3-2-7-10-6(5-12)4-11(7)8/h2-5H,1H3. The molecule has 2 aromatic rings. The molecular weight excluding hydrogens is 186 g/mol. The van der Waals surface area contributed by atoms with Gasteiger partial charge in [-0.2, -0.15) is 0 Å². The normalized spacial score (nSPS) is 10.5. The van der Waals surface area contributed by atoms with Crippen molar-refractivity contribution in [3.63, 3.8) is 0 Å². The summed E-state index contributed by atoms with van der Waals surface area (Å²) in [6, 6.07) is 1.77. The van der Waals surface area contributed by atoms with Gasteiger partial charge in [-0.3, -0.25) is 9.20 Å². The predicted molar refractivity (Wildman–Crippen MR) is 50.2 cm³/mol. The predicted octanol–water partition coefficient (Wildman–Crippen LogP) is 1.26. The molecule has 0 N–H and O–H groups in total. The molecule has 13 heavy (non-hydrogen) atoms. The van der Waals surface area contributed by atoms with Crippen LogP contribution in [-0.4, -0.2) is 26.9 Å². The lowest BCUT2D eigenvalue weighted by atomic mass is 10.5. The average Bonchev–Trinajstić information content (AvgIpc) is 2.59. The summed E-state index contributed by atoms with van der Waals surface area (Å²) in [7, 11) is 0. The molecule has 0 bridgehead atoms. The van der Waals surface area contributed by atoms with Crippen LogP contribution >= 0.6 is 11.8 Å². The molecule has 66 valence electrons. The van der Waals surface area contributed by atoms with Gasteiger partial charge < -0.3 is 0 Å². The van der Waals surface area contributed by atoms with E-state index in [-0.39, 0.29) is 0 Å². The number of aldehydes is 1. The average molecular weight is 193 g/mol. The molecule has 0 aliphatic heterocycles. The third-order valence-corrected chi connectivity index (χ3v) is 2.34. The molecule has 2 rings (SSSR count). The van der Waals surface area contributed by atoms with Crippen LogP contribution < -0.4 is 0 Å². The number of hydrogen-bond donors (Lipinski definition) is 0. The lowest BCUT2D eigenvalue weighted by molar-refractivity contribution is 0.111. The molecule has 0 aliphatic rings. The zero-order valence-electron chi connectivity index (χ0n) is 6.97. The van der Waals surface area contributed by atoms with Crippen molar-refractivity contribution in [1.29, 1.82) is 0 Å². The maximum Gasteiger partial charge on any atom is 0.173 e. The van der Waals surface area contributed by atoms with Crippen LogP contribution in [0.15, 0.2) is 23.6 Å². The van der Waals surface area contributed by atoms with E-state index < -0.39 is 0 Å². The van der Waals surface area contributed by atoms with Crippen molar-refractivity contribution in [2.24, 2.45) is 0 Å². The number of thioether (sulfide) groups is 1. The topological polar surface area (TPSA) is 47.3 Å². The summed E-state index contributed by atoms with van der Waals surface area (Å²) in [5.41, 5.74) is 1.18. The highest BCUT2D eigenvalue weighted by Gasteiger charge is 2.03. The van der Waals surface area contributed by atoms with Crippen LogP contribution in [0.25, 0.3) is 5.65 Å². The van der Waals surface area contributed by atoms with E-state index in [4.69, 9.17) is 0 Å². The summed E-state index contributed by atoms with van der Waals surface area (Å²) >= 11 is 1.52. The zero-order chi connectivity index (χ0) is 9.26. The second-order valence-corrected chi connectivity index (χ2v) is 3.22. The van der Waals surface area contributed by atoms with Crippen LogP contribution in [0.2, 0.25) is 0 Å². The summed E-state index contributed by atoms with van der Waals surface area (Å²) < 4.78 is 1.80. The number of fused-ring (bicyclic) bond motifs is 1. The summed E-state index contributed by atoms with van der Waals surface area (Å²) in [6.45, 7) is 0. The Morgan fingerprint density at radius 1 is 1.62 bits per heavy atom. The van der Waals surface area contributed by atoms with Gasteiger partial charge in [-0.05, 0) is 12.3 Å². The second kappa shape index (κ2) is 3.18. The molecule has 0 radical (unpaired) electrons. The van der Waals surface area contributed by atoms with Crippen molar-refractivity contribution in [3.05, 3.63) is 24.2 Å². The SMILES string of the molecule is CSc1nccc2nc(C=O)cn12. The first kappa shape index (κ1) is 8.25. The number of imidazole rings is 1. The first-order chi connectivity index (χ1) is 6.35. The fourth-order valence-corrected chi connectivity index (χ4v) is 1.63. The molecule has 0 atom stereocenters. The maximum absolute atomic E-state index is 10.5. The molecule has 0 spiro atoms. The van der Waals surface area contributed by atoms with Gasteiger partial charge in [-0.15, -0.1) is 0 Å². The lowest BCUT2D eigenvalue weighted by Crippen LogP contribution is -1.90.